The van der Waals surface area contributed by atoms with E-state index in [0.717, 1.165) is 27.8 Å². The smallest absolute Gasteiger partial charge is 0.0468 e. The molecule has 0 spiro atoms. The van der Waals surface area contributed by atoms with E-state index in [1.54, 1.807) is 0 Å². The summed E-state index contributed by atoms with van der Waals surface area (Å²) in [5, 5.41) is 24.9. The third kappa shape index (κ3) is 5.10. The highest BCUT2D eigenvalue weighted by Gasteiger charge is 2.19. The monoisotopic (exact) mass is 855 g/mol. The summed E-state index contributed by atoms with van der Waals surface area (Å²) in [6.45, 7) is 0. The first-order valence-corrected chi connectivity index (χ1v) is 23.8. The molecule has 0 aliphatic heterocycles. The van der Waals surface area contributed by atoms with Crippen molar-refractivity contribution in [2.45, 2.75) is 0 Å². The van der Waals surface area contributed by atoms with Gasteiger partial charge in [0.15, 0.2) is 0 Å². The summed E-state index contributed by atoms with van der Waals surface area (Å²) >= 11 is 3.80. The molecule has 0 aliphatic rings. The molecular weight excluding hydrogens is 823 g/mol. The molecular formula is C62H33NS2. The molecule has 0 saturated carbocycles. The van der Waals surface area contributed by atoms with Crippen molar-refractivity contribution in [2.24, 2.45) is 0 Å². The Balaban J connectivity index is 0.964. The predicted molar refractivity (Wildman–Crippen MR) is 285 cm³/mol. The molecule has 0 amide bonds. The van der Waals surface area contributed by atoms with Gasteiger partial charge in [-0.2, -0.15) is 0 Å². The number of hydrogen-bond acceptors (Lipinski definition) is 3. The molecule has 15 aromatic rings. The van der Waals surface area contributed by atoms with Crippen molar-refractivity contribution in [1.82, 2.24) is 0 Å². The molecule has 0 fully saturated rings. The number of hydrogen-bond donors (Lipinski definition) is 0. The van der Waals surface area contributed by atoms with Crippen LogP contribution in [0.1, 0.15) is 0 Å². The molecule has 15 rings (SSSR count). The van der Waals surface area contributed by atoms with Crippen LogP contribution in [0.4, 0.5) is 17.1 Å². The van der Waals surface area contributed by atoms with Gasteiger partial charge in [-0.25, -0.2) is 0 Å². The van der Waals surface area contributed by atoms with Gasteiger partial charge in [0, 0.05) is 84.3 Å². The summed E-state index contributed by atoms with van der Waals surface area (Å²) in [5.74, 6) is 0. The molecule has 0 aliphatic carbocycles. The largest absolute Gasteiger partial charge is 0.310 e. The summed E-state index contributed by atoms with van der Waals surface area (Å²) in [5.41, 5.74) is 3.34. The molecule has 0 unspecified atom stereocenters. The van der Waals surface area contributed by atoms with Crippen molar-refractivity contribution in [3.8, 4) is 0 Å². The number of rotatable bonds is 3. The van der Waals surface area contributed by atoms with Crippen molar-refractivity contribution < 1.29 is 0 Å². The molecule has 0 radical (unpaired) electrons. The minimum absolute atomic E-state index is 1.09. The van der Waals surface area contributed by atoms with E-state index >= 15 is 0 Å². The second kappa shape index (κ2) is 13.3. The van der Waals surface area contributed by atoms with E-state index in [1.165, 1.54) is 116 Å². The fourth-order valence-electron chi connectivity index (χ4n) is 11.0. The SMILES string of the molecule is c1c2ccccc2c2ccc3ccc4cc(N(c5ccc6c(ccc7ccc8c9ccccc9sc8c76)c5)c5ccc6c(ccc7ccc8c9ccccc9sc8c76)c5)ccc4c3c2c#1. The van der Waals surface area contributed by atoms with Gasteiger partial charge in [-0.3, -0.25) is 0 Å². The lowest BCUT2D eigenvalue weighted by atomic mass is 9.94. The highest BCUT2D eigenvalue weighted by Crippen LogP contribution is 2.46. The summed E-state index contributed by atoms with van der Waals surface area (Å²) < 4.78 is 5.36. The van der Waals surface area contributed by atoms with E-state index < -0.39 is 0 Å². The molecule has 3 heteroatoms. The maximum atomic E-state index is 3.58. The molecule has 0 bridgehead atoms. The van der Waals surface area contributed by atoms with E-state index in [2.05, 4.69) is 217 Å². The van der Waals surface area contributed by atoms with Gasteiger partial charge in [-0.15, -0.1) is 22.7 Å². The van der Waals surface area contributed by atoms with E-state index in [4.69, 9.17) is 0 Å². The maximum absolute atomic E-state index is 3.58. The Morgan fingerprint density at radius 3 is 1.23 bits per heavy atom. The van der Waals surface area contributed by atoms with Gasteiger partial charge in [0.2, 0.25) is 0 Å². The first kappa shape index (κ1) is 35.5. The second-order valence-electron chi connectivity index (χ2n) is 17.4. The normalized spacial score (nSPS) is 12.2. The lowest BCUT2D eigenvalue weighted by Gasteiger charge is -2.27. The van der Waals surface area contributed by atoms with Crippen LogP contribution >= 0.6 is 22.7 Å². The topological polar surface area (TPSA) is 3.24 Å². The Bertz CT molecular complexity index is 4360. The van der Waals surface area contributed by atoms with Crippen molar-refractivity contribution in [3.63, 3.8) is 0 Å². The summed E-state index contributed by atoms with van der Waals surface area (Å²) in [4.78, 5) is 2.45. The van der Waals surface area contributed by atoms with E-state index in [0.29, 0.717) is 0 Å². The van der Waals surface area contributed by atoms with Gasteiger partial charge in [0.25, 0.3) is 0 Å². The van der Waals surface area contributed by atoms with Crippen molar-refractivity contribution in [2.75, 3.05) is 4.90 Å². The van der Waals surface area contributed by atoms with Crippen LogP contribution in [-0.2, 0) is 0 Å². The number of nitrogens with zero attached hydrogens (tertiary/aromatic N) is 1. The molecule has 1 nitrogen and oxygen atoms in total. The fourth-order valence-corrected chi connectivity index (χ4v) is 13.5. The van der Waals surface area contributed by atoms with Crippen LogP contribution in [0.15, 0.2) is 200 Å². The van der Waals surface area contributed by atoms with Crippen molar-refractivity contribution >= 4 is 166 Å². The van der Waals surface area contributed by atoms with Crippen LogP contribution < -0.4 is 4.90 Å². The highest BCUT2D eigenvalue weighted by molar-refractivity contribution is 7.27. The number of thiophene rings is 2. The van der Waals surface area contributed by atoms with Crippen LogP contribution in [0, 0.1) is 12.1 Å². The van der Waals surface area contributed by atoms with E-state index in [-0.39, 0.29) is 0 Å². The Labute approximate surface area is 381 Å². The summed E-state index contributed by atoms with van der Waals surface area (Å²) in [6.07, 6.45) is 0. The average Bonchev–Trinajstić information content (AvgIpc) is 3.94. The zero-order valence-corrected chi connectivity index (χ0v) is 36.4. The van der Waals surface area contributed by atoms with Gasteiger partial charge in [0.1, 0.15) is 0 Å². The molecule has 65 heavy (non-hydrogen) atoms. The van der Waals surface area contributed by atoms with E-state index in [9.17, 15) is 0 Å². The minimum Gasteiger partial charge on any atom is -0.310 e. The first-order valence-electron chi connectivity index (χ1n) is 22.1. The average molecular weight is 856 g/mol. The molecule has 0 atom stereocenters. The Morgan fingerprint density at radius 2 is 0.692 bits per heavy atom. The Morgan fingerprint density at radius 1 is 0.292 bits per heavy atom. The van der Waals surface area contributed by atoms with Crippen LogP contribution in [0.5, 0.6) is 0 Å². The second-order valence-corrected chi connectivity index (χ2v) is 19.5. The molecule has 13 aromatic carbocycles. The van der Waals surface area contributed by atoms with Crippen molar-refractivity contribution in [1.29, 1.82) is 0 Å². The fraction of sp³-hybridized carbons (Fsp3) is 0. The van der Waals surface area contributed by atoms with Gasteiger partial charge in [0.05, 0.1) is 0 Å². The number of benzene rings is 12. The van der Waals surface area contributed by atoms with Gasteiger partial charge < -0.3 is 4.90 Å². The van der Waals surface area contributed by atoms with Crippen LogP contribution in [0.3, 0.4) is 0 Å². The van der Waals surface area contributed by atoms with Crippen LogP contribution in [-0.4, -0.2) is 0 Å². The molecule has 0 saturated heterocycles. The Kier molecular flexibility index (Phi) is 7.24. The van der Waals surface area contributed by atoms with Gasteiger partial charge >= 0.3 is 0 Å². The zero-order valence-electron chi connectivity index (χ0n) is 34.8. The number of fused-ring (bicyclic) bond motifs is 21. The van der Waals surface area contributed by atoms with Crippen molar-refractivity contribution in [3.05, 3.63) is 212 Å². The lowest BCUT2D eigenvalue weighted by molar-refractivity contribution is 1.30. The predicted octanol–water partition coefficient (Wildman–Crippen LogP) is 18.7. The van der Waals surface area contributed by atoms with Crippen LogP contribution in [0.2, 0.25) is 0 Å². The van der Waals surface area contributed by atoms with Crippen LogP contribution in [0.25, 0.3) is 127 Å². The van der Waals surface area contributed by atoms with E-state index in [1.807, 2.05) is 22.7 Å². The van der Waals surface area contributed by atoms with Gasteiger partial charge in [-0.1, -0.05) is 158 Å². The lowest BCUT2D eigenvalue weighted by Crippen LogP contribution is -2.10. The maximum Gasteiger partial charge on any atom is 0.0468 e. The number of anilines is 3. The summed E-state index contributed by atoms with van der Waals surface area (Å²) in [7, 11) is 0. The molecule has 0 N–H and O–H groups in total. The molecule has 2 aromatic heterocycles. The van der Waals surface area contributed by atoms with Gasteiger partial charge in [-0.05, 0) is 114 Å². The zero-order chi connectivity index (χ0) is 42.3. The highest BCUT2D eigenvalue weighted by atomic mass is 32.1. The molecule has 2 heterocycles. The summed E-state index contributed by atoms with van der Waals surface area (Å²) in [6, 6.07) is 81.8. The Hall–Kier alpha value is -8.00. The quantitative estimate of drug-likeness (QED) is 0.160. The standard InChI is InChI=1S/C62H33NS2/c1-2-8-46-36(7-1)19-27-53-50(46)26-20-37-13-16-40-33-43(23-30-47(40)58(37)53)63(44-24-31-48-41(34-44)17-14-38-21-28-54-51-9-3-5-11-56(51)64-61(54)59(38)48)45-25-32-49-42(35-45)18-15-39-22-29-55-52-10-4-6-12-57(52)65-62(55)60(39)49/h1-18,20-26,28-35H. The minimum atomic E-state index is 1.09. The third-order valence-electron chi connectivity index (χ3n) is 14.0. The molecule has 298 valence electrons. The third-order valence-corrected chi connectivity index (χ3v) is 16.4. The first-order chi connectivity index (χ1) is 32.2.